The van der Waals surface area contributed by atoms with Crippen LogP contribution in [0.5, 0.6) is 0 Å². The van der Waals surface area contributed by atoms with E-state index in [1.54, 1.807) is 0 Å². The number of hydrogen-bond acceptors (Lipinski definition) is 6. The molecule has 0 aromatic carbocycles. The molecule has 1 aliphatic carbocycles. The number of aromatic nitrogens is 4. The molecule has 0 spiro atoms. The van der Waals surface area contributed by atoms with Gasteiger partial charge in [-0.1, -0.05) is 30.6 Å². The van der Waals surface area contributed by atoms with Crippen molar-refractivity contribution in [3.63, 3.8) is 0 Å². The van der Waals surface area contributed by atoms with Gasteiger partial charge in [0.2, 0.25) is 11.0 Å². The highest BCUT2D eigenvalue weighted by molar-refractivity contribution is 7.15. The van der Waals surface area contributed by atoms with Crippen LogP contribution in [0.25, 0.3) is 0 Å². The number of carbonyl (C=O) groups excluding carboxylic acids is 1. The van der Waals surface area contributed by atoms with E-state index in [2.05, 4.69) is 15.5 Å². The molecule has 9 heteroatoms. The summed E-state index contributed by atoms with van der Waals surface area (Å²) in [5, 5.41) is 12.3. The van der Waals surface area contributed by atoms with E-state index in [0.29, 0.717) is 11.0 Å². The molecule has 128 valence electrons. The van der Waals surface area contributed by atoms with Gasteiger partial charge in [-0.15, -0.1) is 10.2 Å². The number of hydrogen-bond donors (Lipinski definition) is 1. The number of amides is 1. The van der Waals surface area contributed by atoms with E-state index in [1.807, 2.05) is 0 Å². The first-order chi connectivity index (χ1) is 11.5. The van der Waals surface area contributed by atoms with Gasteiger partial charge < -0.3 is 0 Å². The van der Waals surface area contributed by atoms with Gasteiger partial charge in [-0.3, -0.25) is 24.0 Å². The number of carbonyl (C=O) groups is 1. The molecule has 2 heterocycles. The van der Waals surface area contributed by atoms with E-state index in [1.165, 1.54) is 54.5 Å². The number of nitrogens with one attached hydrogen (secondary N) is 1. The second-order valence-electron chi connectivity index (χ2n) is 5.95. The van der Waals surface area contributed by atoms with Crippen LogP contribution in [0.3, 0.4) is 0 Å². The Bertz CT molecular complexity index is 847. The van der Waals surface area contributed by atoms with Gasteiger partial charge in [-0.2, -0.15) is 0 Å². The molecule has 3 rings (SSSR count). The quantitative estimate of drug-likeness (QED) is 0.891. The highest BCUT2D eigenvalue weighted by atomic mass is 32.1. The third-order valence-electron chi connectivity index (χ3n) is 4.22. The Kier molecular flexibility index (Phi) is 4.89. The lowest BCUT2D eigenvalue weighted by Crippen LogP contribution is -2.38. The number of nitrogens with zero attached hydrogens (tertiary/aromatic N) is 4. The first kappa shape index (κ1) is 16.6. The lowest BCUT2D eigenvalue weighted by molar-refractivity contribution is -0.116. The second-order valence-corrected chi connectivity index (χ2v) is 6.96. The first-order valence-electron chi connectivity index (χ1n) is 7.94. The van der Waals surface area contributed by atoms with Gasteiger partial charge in [0, 0.05) is 25.2 Å². The Morgan fingerprint density at radius 3 is 2.79 bits per heavy atom. The molecule has 0 unspecified atom stereocenters. The molecule has 8 nitrogen and oxygen atoms in total. The average Bonchev–Trinajstić information content (AvgIpc) is 3.04. The maximum atomic E-state index is 12.1. The fourth-order valence-electron chi connectivity index (χ4n) is 2.85. The van der Waals surface area contributed by atoms with Gasteiger partial charge in [0.15, 0.2) is 0 Å². The predicted octanol–water partition coefficient (Wildman–Crippen LogP) is 1.08. The monoisotopic (exact) mass is 349 g/mol. The van der Waals surface area contributed by atoms with Crippen LogP contribution in [-0.4, -0.2) is 25.2 Å². The molecular weight excluding hydrogens is 330 g/mol. The summed E-state index contributed by atoms with van der Waals surface area (Å²) in [4.78, 5) is 35.4. The van der Waals surface area contributed by atoms with Crippen LogP contribution in [0.1, 0.15) is 43.0 Å². The Morgan fingerprint density at radius 2 is 2.04 bits per heavy atom. The maximum absolute atomic E-state index is 12.1. The Balaban J connectivity index is 1.65. The zero-order chi connectivity index (χ0) is 17.1. The van der Waals surface area contributed by atoms with Gasteiger partial charge in [-0.25, -0.2) is 4.79 Å². The molecule has 0 radical (unpaired) electrons. The summed E-state index contributed by atoms with van der Waals surface area (Å²) < 4.78 is 2.14. The maximum Gasteiger partial charge on any atom is 0.331 e. The molecular formula is C15H19N5O3S. The smallest absolute Gasteiger partial charge is 0.299 e. The Hall–Kier alpha value is -2.29. The van der Waals surface area contributed by atoms with Crippen LogP contribution in [0.4, 0.5) is 5.13 Å². The molecule has 2 aromatic heterocycles. The van der Waals surface area contributed by atoms with E-state index in [4.69, 9.17) is 0 Å². The zero-order valence-corrected chi connectivity index (χ0v) is 14.2. The topological polar surface area (TPSA) is 98.9 Å². The molecule has 0 bridgehead atoms. The molecule has 0 saturated heterocycles. The van der Waals surface area contributed by atoms with E-state index >= 15 is 0 Å². The molecule has 24 heavy (non-hydrogen) atoms. The van der Waals surface area contributed by atoms with Gasteiger partial charge in [-0.05, 0) is 12.8 Å². The molecule has 1 fully saturated rings. The average molecular weight is 349 g/mol. The van der Waals surface area contributed by atoms with Crippen LogP contribution in [-0.2, 0) is 18.4 Å². The minimum atomic E-state index is -0.530. The van der Waals surface area contributed by atoms with E-state index in [0.717, 1.165) is 22.4 Å². The Labute approximate surface area is 142 Å². The third kappa shape index (κ3) is 3.61. The van der Waals surface area contributed by atoms with Crippen molar-refractivity contribution in [2.75, 3.05) is 5.32 Å². The van der Waals surface area contributed by atoms with Gasteiger partial charge in [0.05, 0.1) is 0 Å². The largest absolute Gasteiger partial charge is 0.331 e. The molecule has 1 amide bonds. The van der Waals surface area contributed by atoms with Crippen LogP contribution < -0.4 is 16.6 Å². The van der Waals surface area contributed by atoms with Gasteiger partial charge >= 0.3 is 5.69 Å². The minimum absolute atomic E-state index is 0.175. The Morgan fingerprint density at radius 1 is 1.29 bits per heavy atom. The summed E-state index contributed by atoms with van der Waals surface area (Å²) in [6.07, 6.45) is 7.25. The van der Waals surface area contributed by atoms with Crippen molar-refractivity contribution in [3.05, 3.63) is 38.1 Å². The summed E-state index contributed by atoms with van der Waals surface area (Å²) in [7, 11) is 1.38. The van der Waals surface area contributed by atoms with Gasteiger partial charge in [0.1, 0.15) is 11.6 Å². The standard InChI is InChI=1S/C15H19N5O3S/c1-19-12(22)7-8-20(15(19)23)9-11(21)16-14-18-17-13(24-14)10-5-3-2-4-6-10/h7-8,10H,2-6,9H2,1H3,(H,16,18,21). The van der Waals surface area contributed by atoms with E-state index in [-0.39, 0.29) is 12.5 Å². The highest BCUT2D eigenvalue weighted by Gasteiger charge is 2.20. The summed E-state index contributed by atoms with van der Waals surface area (Å²) in [5.74, 6) is 0.0651. The van der Waals surface area contributed by atoms with Crippen LogP contribution in [0.2, 0.25) is 0 Å². The summed E-state index contributed by atoms with van der Waals surface area (Å²) >= 11 is 1.39. The van der Waals surface area contributed by atoms with E-state index in [9.17, 15) is 14.4 Å². The van der Waals surface area contributed by atoms with Crippen molar-refractivity contribution in [2.24, 2.45) is 7.05 Å². The SMILES string of the molecule is Cn1c(=O)ccn(CC(=O)Nc2nnc(C3CCCCC3)s2)c1=O. The van der Waals surface area contributed by atoms with Crippen LogP contribution in [0.15, 0.2) is 21.9 Å². The van der Waals surface area contributed by atoms with Gasteiger partial charge in [0.25, 0.3) is 5.56 Å². The zero-order valence-electron chi connectivity index (χ0n) is 13.4. The third-order valence-corrected chi connectivity index (χ3v) is 5.22. The minimum Gasteiger partial charge on any atom is -0.299 e. The van der Waals surface area contributed by atoms with Crippen LogP contribution >= 0.6 is 11.3 Å². The van der Waals surface area contributed by atoms with Crippen molar-refractivity contribution in [2.45, 2.75) is 44.6 Å². The lowest BCUT2D eigenvalue weighted by atomic mass is 9.90. The van der Waals surface area contributed by atoms with Crippen molar-refractivity contribution in [1.29, 1.82) is 0 Å². The fraction of sp³-hybridized carbons (Fsp3) is 0.533. The van der Waals surface area contributed by atoms with Crippen molar-refractivity contribution in [3.8, 4) is 0 Å². The normalized spacial score (nSPS) is 15.4. The fourth-order valence-corrected chi connectivity index (χ4v) is 3.78. The predicted molar refractivity (Wildman–Crippen MR) is 90.3 cm³/mol. The first-order valence-corrected chi connectivity index (χ1v) is 8.76. The molecule has 0 aliphatic heterocycles. The molecule has 1 N–H and O–H groups in total. The lowest BCUT2D eigenvalue weighted by Gasteiger charge is -2.18. The molecule has 1 aliphatic rings. The molecule has 2 aromatic rings. The highest BCUT2D eigenvalue weighted by Crippen LogP contribution is 2.35. The van der Waals surface area contributed by atoms with Crippen molar-refractivity contribution in [1.82, 2.24) is 19.3 Å². The molecule has 0 atom stereocenters. The van der Waals surface area contributed by atoms with Crippen LogP contribution in [0, 0.1) is 0 Å². The number of rotatable bonds is 4. The van der Waals surface area contributed by atoms with Crippen molar-refractivity contribution < 1.29 is 4.79 Å². The molecule has 1 saturated carbocycles. The summed E-state index contributed by atoms with van der Waals surface area (Å²) in [6, 6.07) is 1.25. The van der Waals surface area contributed by atoms with Crippen molar-refractivity contribution >= 4 is 22.4 Å². The number of anilines is 1. The second kappa shape index (κ2) is 7.08. The summed E-state index contributed by atoms with van der Waals surface area (Å²) in [6.45, 7) is -0.175. The van der Waals surface area contributed by atoms with E-state index < -0.39 is 11.2 Å². The summed E-state index contributed by atoms with van der Waals surface area (Å²) in [5.41, 5.74) is -0.935.